The lowest BCUT2D eigenvalue weighted by atomic mass is 10.1. The molecule has 2 aromatic carbocycles. The fourth-order valence-corrected chi connectivity index (χ4v) is 2.76. The molecule has 0 aliphatic heterocycles. The molecule has 0 aliphatic carbocycles. The van der Waals surface area contributed by atoms with E-state index in [4.69, 9.17) is 11.6 Å². The number of halogens is 1. The van der Waals surface area contributed by atoms with E-state index in [9.17, 15) is 0 Å². The van der Waals surface area contributed by atoms with Crippen molar-refractivity contribution in [2.45, 2.75) is 20.4 Å². The Morgan fingerprint density at radius 3 is 2.65 bits per heavy atom. The van der Waals surface area contributed by atoms with Crippen molar-refractivity contribution in [1.82, 2.24) is 4.98 Å². The van der Waals surface area contributed by atoms with Crippen LogP contribution >= 0.6 is 11.6 Å². The van der Waals surface area contributed by atoms with Crippen LogP contribution < -0.4 is 5.32 Å². The van der Waals surface area contributed by atoms with Crippen LogP contribution in [-0.2, 0) is 6.54 Å². The number of aryl methyl sites for hydroxylation is 2. The summed E-state index contributed by atoms with van der Waals surface area (Å²) in [5.74, 6) is 0. The van der Waals surface area contributed by atoms with Gasteiger partial charge in [0.25, 0.3) is 0 Å². The number of benzene rings is 2. The van der Waals surface area contributed by atoms with E-state index in [1.165, 1.54) is 11.1 Å². The lowest BCUT2D eigenvalue weighted by Gasteiger charge is -2.09. The molecule has 0 radical (unpaired) electrons. The maximum atomic E-state index is 6.42. The van der Waals surface area contributed by atoms with Crippen LogP contribution in [0.3, 0.4) is 0 Å². The van der Waals surface area contributed by atoms with Crippen molar-refractivity contribution >= 4 is 28.2 Å². The van der Waals surface area contributed by atoms with Crippen LogP contribution in [0.4, 0.5) is 5.69 Å². The van der Waals surface area contributed by atoms with E-state index in [0.717, 1.165) is 27.3 Å². The number of rotatable bonds is 3. The number of aromatic nitrogens is 1. The Kier molecular flexibility index (Phi) is 3.41. The molecule has 0 saturated heterocycles. The second-order valence-electron chi connectivity index (χ2n) is 5.14. The SMILES string of the molecule is Cc1ccc(NCc2[nH]c3ccccc3c2Cl)c(C)c1. The Balaban J connectivity index is 1.85. The van der Waals surface area contributed by atoms with Gasteiger partial charge in [-0.15, -0.1) is 0 Å². The summed E-state index contributed by atoms with van der Waals surface area (Å²) in [6.45, 7) is 4.91. The molecule has 0 bridgehead atoms. The molecule has 0 aliphatic rings. The summed E-state index contributed by atoms with van der Waals surface area (Å²) in [7, 11) is 0. The molecule has 2 nitrogen and oxygen atoms in total. The third-order valence-corrected chi connectivity index (χ3v) is 3.98. The molecule has 3 rings (SSSR count). The summed E-state index contributed by atoms with van der Waals surface area (Å²) in [6, 6.07) is 14.5. The van der Waals surface area contributed by atoms with Crippen molar-refractivity contribution in [2.24, 2.45) is 0 Å². The molecule has 3 aromatic rings. The van der Waals surface area contributed by atoms with E-state index in [0.29, 0.717) is 6.54 Å². The molecule has 0 spiro atoms. The van der Waals surface area contributed by atoms with E-state index in [1.54, 1.807) is 0 Å². The number of hydrogen-bond acceptors (Lipinski definition) is 1. The highest BCUT2D eigenvalue weighted by atomic mass is 35.5. The van der Waals surface area contributed by atoms with Crippen LogP contribution in [0.25, 0.3) is 10.9 Å². The number of anilines is 1. The van der Waals surface area contributed by atoms with E-state index in [-0.39, 0.29) is 0 Å². The fraction of sp³-hybridized carbons (Fsp3) is 0.176. The van der Waals surface area contributed by atoms with Gasteiger partial charge in [0.05, 0.1) is 17.3 Å². The van der Waals surface area contributed by atoms with E-state index < -0.39 is 0 Å². The summed E-state index contributed by atoms with van der Waals surface area (Å²) in [6.07, 6.45) is 0. The molecule has 1 heterocycles. The minimum Gasteiger partial charge on any atom is -0.379 e. The lowest BCUT2D eigenvalue weighted by molar-refractivity contribution is 1.08. The molecule has 0 unspecified atom stereocenters. The maximum absolute atomic E-state index is 6.42. The highest BCUT2D eigenvalue weighted by Crippen LogP contribution is 2.28. The zero-order chi connectivity index (χ0) is 14.1. The molecular formula is C17H17ClN2. The van der Waals surface area contributed by atoms with Gasteiger partial charge < -0.3 is 10.3 Å². The first-order valence-electron chi connectivity index (χ1n) is 6.71. The molecule has 0 saturated carbocycles. The largest absolute Gasteiger partial charge is 0.379 e. The predicted octanol–water partition coefficient (Wildman–Crippen LogP) is 5.05. The number of nitrogens with one attached hydrogen (secondary N) is 2. The van der Waals surface area contributed by atoms with Gasteiger partial charge in [-0.05, 0) is 31.5 Å². The average molecular weight is 285 g/mol. The van der Waals surface area contributed by atoms with Crippen LogP contribution in [0, 0.1) is 13.8 Å². The molecule has 0 fully saturated rings. The molecule has 0 atom stereocenters. The van der Waals surface area contributed by atoms with Gasteiger partial charge >= 0.3 is 0 Å². The monoisotopic (exact) mass is 284 g/mol. The Bertz CT molecular complexity index is 759. The molecule has 102 valence electrons. The summed E-state index contributed by atoms with van der Waals surface area (Å²) >= 11 is 6.42. The van der Waals surface area contributed by atoms with E-state index in [1.807, 2.05) is 24.3 Å². The molecule has 20 heavy (non-hydrogen) atoms. The number of aromatic amines is 1. The smallest absolute Gasteiger partial charge is 0.0710 e. The van der Waals surface area contributed by atoms with Crippen molar-refractivity contribution in [3.63, 3.8) is 0 Å². The van der Waals surface area contributed by atoms with Gasteiger partial charge in [-0.25, -0.2) is 0 Å². The van der Waals surface area contributed by atoms with Crippen LogP contribution in [0.15, 0.2) is 42.5 Å². The predicted molar refractivity (Wildman–Crippen MR) is 86.6 cm³/mol. The quantitative estimate of drug-likeness (QED) is 0.692. The van der Waals surface area contributed by atoms with Crippen LogP contribution in [0.1, 0.15) is 16.8 Å². The summed E-state index contributed by atoms with van der Waals surface area (Å²) in [5, 5.41) is 5.32. The average Bonchev–Trinajstić information content (AvgIpc) is 2.75. The minimum absolute atomic E-state index is 0.692. The van der Waals surface area contributed by atoms with Gasteiger partial charge in [0.15, 0.2) is 0 Å². The maximum Gasteiger partial charge on any atom is 0.0710 e. The van der Waals surface area contributed by atoms with Crippen molar-refractivity contribution < 1.29 is 0 Å². The number of hydrogen-bond donors (Lipinski definition) is 2. The van der Waals surface area contributed by atoms with Gasteiger partial charge in [0, 0.05) is 16.6 Å². The van der Waals surface area contributed by atoms with Crippen molar-refractivity contribution in [1.29, 1.82) is 0 Å². The van der Waals surface area contributed by atoms with Crippen LogP contribution in [0.5, 0.6) is 0 Å². The zero-order valence-corrected chi connectivity index (χ0v) is 12.4. The standard InChI is InChI=1S/C17H17ClN2/c1-11-7-8-14(12(2)9-11)19-10-16-17(18)13-5-3-4-6-15(13)20-16/h3-9,19-20H,10H2,1-2H3. The summed E-state index contributed by atoms with van der Waals surface area (Å²) in [5.41, 5.74) is 5.77. The topological polar surface area (TPSA) is 27.8 Å². The molecule has 1 aromatic heterocycles. The Morgan fingerprint density at radius 2 is 1.90 bits per heavy atom. The second kappa shape index (κ2) is 5.22. The first-order chi connectivity index (χ1) is 9.65. The lowest BCUT2D eigenvalue weighted by Crippen LogP contribution is -2.01. The normalized spacial score (nSPS) is 10.9. The first-order valence-corrected chi connectivity index (χ1v) is 7.09. The Hall–Kier alpha value is -1.93. The van der Waals surface area contributed by atoms with Gasteiger partial charge in [0.2, 0.25) is 0 Å². The van der Waals surface area contributed by atoms with Gasteiger partial charge in [0.1, 0.15) is 0 Å². The van der Waals surface area contributed by atoms with Gasteiger partial charge in [-0.2, -0.15) is 0 Å². The number of fused-ring (bicyclic) bond motifs is 1. The van der Waals surface area contributed by atoms with Crippen molar-refractivity contribution in [3.05, 3.63) is 64.3 Å². The highest BCUT2D eigenvalue weighted by molar-refractivity contribution is 6.36. The third kappa shape index (κ3) is 2.39. The van der Waals surface area contributed by atoms with Gasteiger partial charge in [-0.3, -0.25) is 0 Å². The van der Waals surface area contributed by atoms with E-state index in [2.05, 4.69) is 42.3 Å². The summed E-state index contributed by atoms with van der Waals surface area (Å²) < 4.78 is 0. The summed E-state index contributed by atoms with van der Waals surface area (Å²) in [4.78, 5) is 3.37. The highest BCUT2D eigenvalue weighted by Gasteiger charge is 2.08. The minimum atomic E-state index is 0.692. The second-order valence-corrected chi connectivity index (χ2v) is 5.51. The first kappa shape index (κ1) is 13.1. The fourth-order valence-electron chi connectivity index (χ4n) is 2.48. The Morgan fingerprint density at radius 1 is 1.10 bits per heavy atom. The van der Waals surface area contributed by atoms with Crippen molar-refractivity contribution in [3.8, 4) is 0 Å². The number of H-pyrrole nitrogens is 1. The molecule has 3 heteroatoms. The van der Waals surface area contributed by atoms with Crippen molar-refractivity contribution in [2.75, 3.05) is 5.32 Å². The molecule has 2 N–H and O–H groups in total. The zero-order valence-electron chi connectivity index (χ0n) is 11.6. The van der Waals surface area contributed by atoms with Crippen LogP contribution in [-0.4, -0.2) is 4.98 Å². The number of para-hydroxylation sites is 1. The molecular weight excluding hydrogens is 268 g/mol. The third-order valence-electron chi connectivity index (χ3n) is 3.55. The molecule has 0 amide bonds. The van der Waals surface area contributed by atoms with E-state index >= 15 is 0 Å². The Labute approximate surface area is 123 Å². The van der Waals surface area contributed by atoms with Gasteiger partial charge in [-0.1, -0.05) is 47.5 Å². The van der Waals surface area contributed by atoms with Crippen LogP contribution in [0.2, 0.25) is 5.02 Å².